The molecule has 0 saturated heterocycles. The number of benzene rings is 1. The Labute approximate surface area is 107 Å². The number of hydrogen-bond acceptors (Lipinski definition) is 1. The SMILES string of the molecule is CC(=O)c1ccc(C(F)(C(F)(F)F)C(F)(F)F)c(F)c1. The van der Waals surface area contributed by atoms with Gasteiger partial charge in [-0.05, 0) is 13.0 Å². The summed E-state index contributed by atoms with van der Waals surface area (Å²) in [7, 11) is 0. The van der Waals surface area contributed by atoms with Gasteiger partial charge in [-0.2, -0.15) is 26.3 Å². The zero-order valence-corrected chi connectivity index (χ0v) is 9.66. The smallest absolute Gasteiger partial charge is 0.295 e. The Morgan fingerprint density at radius 2 is 1.40 bits per heavy atom. The fourth-order valence-electron chi connectivity index (χ4n) is 1.48. The molecule has 0 saturated carbocycles. The van der Waals surface area contributed by atoms with Crippen LogP contribution in [0.1, 0.15) is 22.8 Å². The minimum atomic E-state index is -6.40. The first-order chi connectivity index (χ1) is 8.82. The molecule has 9 heteroatoms. The molecule has 0 aliphatic rings. The zero-order chi connectivity index (χ0) is 15.9. The molecule has 0 radical (unpaired) electrons. The van der Waals surface area contributed by atoms with E-state index in [2.05, 4.69) is 0 Å². The van der Waals surface area contributed by atoms with Crippen LogP contribution in [0.15, 0.2) is 18.2 Å². The summed E-state index contributed by atoms with van der Waals surface area (Å²) in [6.45, 7) is 0.921. The van der Waals surface area contributed by atoms with Gasteiger partial charge >= 0.3 is 18.0 Å². The van der Waals surface area contributed by atoms with E-state index in [4.69, 9.17) is 0 Å². The second-order valence-electron chi connectivity index (χ2n) is 3.90. The van der Waals surface area contributed by atoms with Crippen LogP contribution in [0, 0.1) is 5.82 Å². The Morgan fingerprint density at radius 3 is 1.70 bits per heavy atom. The summed E-state index contributed by atoms with van der Waals surface area (Å²) in [5, 5.41) is 0. The maximum atomic E-state index is 13.6. The fraction of sp³-hybridized carbons (Fsp3) is 0.364. The number of ketones is 1. The number of Topliss-reactive ketones (excluding diaryl/α,β-unsaturated/α-hetero) is 1. The third-order valence-corrected chi connectivity index (χ3v) is 2.53. The van der Waals surface area contributed by atoms with Gasteiger partial charge in [0, 0.05) is 11.1 Å². The number of carbonyl (C=O) groups is 1. The molecule has 0 unspecified atom stereocenters. The molecule has 112 valence electrons. The summed E-state index contributed by atoms with van der Waals surface area (Å²) < 4.78 is 101. The van der Waals surface area contributed by atoms with Crippen molar-refractivity contribution in [3.8, 4) is 0 Å². The molecule has 0 amide bonds. The lowest BCUT2D eigenvalue weighted by Crippen LogP contribution is -2.51. The molecule has 0 N–H and O–H groups in total. The van der Waals surface area contributed by atoms with Crippen LogP contribution in [-0.4, -0.2) is 18.1 Å². The third-order valence-electron chi connectivity index (χ3n) is 2.53. The molecule has 0 fully saturated rings. The lowest BCUT2D eigenvalue weighted by molar-refractivity contribution is -0.349. The van der Waals surface area contributed by atoms with Crippen LogP contribution in [0.5, 0.6) is 0 Å². The molecule has 0 heterocycles. The van der Waals surface area contributed by atoms with Crippen LogP contribution in [0.4, 0.5) is 35.1 Å². The van der Waals surface area contributed by atoms with Crippen molar-refractivity contribution in [1.29, 1.82) is 0 Å². The average molecular weight is 306 g/mol. The highest BCUT2D eigenvalue weighted by atomic mass is 19.4. The topological polar surface area (TPSA) is 17.1 Å². The van der Waals surface area contributed by atoms with Crippen LogP contribution in [0.25, 0.3) is 0 Å². The van der Waals surface area contributed by atoms with E-state index < -0.39 is 40.7 Å². The molecule has 0 aliphatic heterocycles. The van der Waals surface area contributed by atoms with E-state index in [0.717, 1.165) is 6.92 Å². The highest BCUT2D eigenvalue weighted by Gasteiger charge is 2.74. The quantitative estimate of drug-likeness (QED) is 0.587. The molecule has 20 heavy (non-hydrogen) atoms. The van der Waals surface area contributed by atoms with Crippen molar-refractivity contribution >= 4 is 5.78 Å². The Kier molecular flexibility index (Phi) is 3.86. The van der Waals surface area contributed by atoms with Crippen molar-refractivity contribution in [2.75, 3.05) is 0 Å². The fourth-order valence-corrected chi connectivity index (χ4v) is 1.48. The zero-order valence-electron chi connectivity index (χ0n) is 9.66. The van der Waals surface area contributed by atoms with E-state index in [0.29, 0.717) is 6.07 Å². The summed E-state index contributed by atoms with van der Waals surface area (Å²) in [6, 6.07) is 0.586. The average Bonchev–Trinajstić information content (AvgIpc) is 2.24. The first kappa shape index (κ1) is 16.4. The van der Waals surface area contributed by atoms with Crippen LogP contribution >= 0.6 is 0 Å². The van der Waals surface area contributed by atoms with Crippen molar-refractivity contribution in [2.45, 2.75) is 24.9 Å². The van der Waals surface area contributed by atoms with E-state index in [9.17, 15) is 39.9 Å². The van der Waals surface area contributed by atoms with Crippen molar-refractivity contribution in [1.82, 2.24) is 0 Å². The summed E-state index contributed by atoms with van der Waals surface area (Å²) in [5.41, 5.74) is -8.56. The molecular weight excluding hydrogens is 300 g/mol. The summed E-state index contributed by atoms with van der Waals surface area (Å²) in [6.07, 6.45) is -12.8. The van der Waals surface area contributed by atoms with Crippen molar-refractivity contribution in [2.24, 2.45) is 0 Å². The standard InChI is InChI=1S/C11H6F8O/c1-5(20)6-2-3-7(8(12)4-6)9(13,10(14,15)16)11(17,18)19/h2-4H,1H3. The Bertz CT molecular complexity index is 514. The second-order valence-corrected chi connectivity index (χ2v) is 3.90. The summed E-state index contributed by atoms with van der Waals surface area (Å²) >= 11 is 0. The minimum absolute atomic E-state index is 0.0347. The Hall–Kier alpha value is -1.67. The molecule has 1 aromatic rings. The molecule has 1 rings (SSSR count). The van der Waals surface area contributed by atoms with Gasteiger partial charge in [0.05, 0.1) is 0 Å². The van der Waals surface area contributed by atoms with Crippen molar-refractivity contribution in [3.05, 3.63) is 35.1 Å². The van der Waals surface area contributed by atoms with Crippen LogP contribution in [0.3, 0.4) is 0 Å². The Balaban J connectivity index is 3.57. The van der Waals surface area contributed by atoms with E-state index in [1.165, 1.54) is 0 Å². The maximum absolute atomic E-state index is 13.6. The van der Waals surface area contributed by atoms with Gasteiger partial charge in [-0.3, -0.25) is 4.79 Å². The number of halogens is 8. The maximum Gasteiger partial charge on any atom is 0.436 e. The molecule has 0 aliphatic carbocycles. The van der Waals surface area contributed by atoms with Crippen LogP contribution in [-0.2, 0) is 5.67 Å². The Morgan fingerprint density at radius 1 is 0.950 bits per heavy atom. The molecule has 0 aromatic heterocycles. The number of hydrogen-bond donors (Lipinski definition) is 0. The molecule has 0 bridgehead atoms. The van der Waals surface area contributed by atoms with Crippen LogP contribution in [0.2, 0.25) is 0 Å². The highest BCUT2D eigenvalue weighted by Crippen LogP contribution is 2.53. The lowest BCUT2D eigenvalue weighted by atomic mass is 9.92. The van der Waals surface area contributed by atoms with E-state index in [-0.39, 0.29) is 12.1 Å². The van der Waals surface area contributed by atoms with Gasteiger partial charge in [-0.25, -0.2) is 8.78 Å². The predicted octanol–water partition coefficient (Wildman–Crippen LogP) is 4.32. The minimum Gasteiger partial charge on any atom is -0.295 e. The number of carbonyl (C=O) groups excluding carboxylic acids is 1. The van der Waals surface area contributed by atoms with Gasteiger partial charge in [-0.15, -0.1) is 0 Å². The van der Waals surface area contributed by atoms with Gasteiger partial charge in [0.2, 0.25) is 0 Å². The van der Waals surface area contributed by atoms with E-state index in [1.54, 1.807) is 0 Å². The number of rotatable bonds is 2. The van der Waals surface area contributed by atoms with Crippen LogP contribution < -0.4 is 0 Å². The third kappa shape index (κ3) is 2.48. The largest absolute Gasteiger partial charge is 0.436 e. The second kappa shape index (κ2) is 4.71. The van der Waals surface area contributed by atoms with Gasteiger partial charge in [0.1, 0.15) is 5.82 Å². The highest BCUT2D eigenvalue weighted by molar-refractivity contribution is 5.94. The van der Waals surface area contributed by atoms with Crippen molar-refractivity contribution < 1.29 is 39.9 Å². The lowest BCUT2D eigenvalue weighted by Gasteiger charge is -2.30. The van der Waals surface area contributed by atoms with E-state index >= 15 is 0 Å². The molecule has 1 nitrogen and oxygen atoms in total. The number of alkyl halides is 7. The molecular formula is C11H6F8O. The molecule has 1 aromatic carbocycles. The van der Waals surface area contributed by atoms with Gasteiger partial charge in [0.15, 0.2) is 5.78 Å². The van der Waals surface area contributed by atoms with Crippen molar-refractivity contribution in [3.63, 3.8) is 0 Å². The predicted molar refractivity (Wildman–Crippen MR) is 51.3 cm³/mol. The summed E-state index contributed by atoms with van der Waals surface area (Å²) in [4.78, 5) is 10.8. The monoisotopic (exact) mass is 306 g/mol. The molecule has 0 spiro atoms. The van der Waals surface area contributed by atoms with Gasteiger partial charge in [-0.1, -0.05) is 12.1 Å². The summed E-state index contributed by atoms with van der Waals surface area (Å²) in [5.74, 6) is -2.89. The first-order valence-electron chi connectivity index (χ1n) is 4.95. The van der Waals surface area contributed by atoms with E-state index in [1.807, 2.05) is 0 Å². The van der Waals surface area contributed by atoms with Gasteiger partial charge in [0.25, 0.3) is 0 Å². The normalized spacial score (nSPS) is 13.4. The molecule has 0 atom stereocenters. The van der Waals surface area contributed by atoms with Gasteiger partial charge < -0.3 is 0 Å². The first-order valence-corrected chi connectivity index (χ1v) is 4.95.